The Morgan fingerprint density at radius 2 is 1.56 bits per heavy atom. The van der Waals surface area contributed by atoms with Gasteiger partial charge < -0.3 is 5.32 Å². The number of para-hydroxylation sites is 1. The molecule has 8 nitrogen and oxygen atoms in total. The van der Waals surface area contributed by atoms with Crippen LogP contribution in [0, 0.1) is 19.8 Å². The van der Waals surface area contributed by atoms with Gasteiger partial charge in [-0.25, -0.2) is 13.1 Å². The summed E-state index contributed by atoms with van der Waals surface area (Å²) in [4.78, 5) is 26.2. The molecule has 2 aromatic carbocycles. The Labute approximate surface area is 187 Å². The largest absolute Gasteiger partial charge is 0.319 e. The highest BCUT2D eigenvalue weighted by Crippen LogP contribution is 2.17. The van der Waals surface area contributed by atoms with E-state index in [1.165, 1.54) is 16.8 Å². The summed E-state index contributed by atoms with van der Waals surface area (Å²) in [6.07, 6.45) is 0. The molecule has 0 aliphatic carbocycles. The lowest BCUT2D eigenvalue weighted by atomic mass is 10.0. The van der Waals surface area contributed by atoms with Gasteiger partial charge in [-0.15, -0.1) is 0 Å². The van der Waals surface area contributed by atoms with Crippen LogP contribution in [-0.2, 0) is 21.9 Å². The van der Waals surface area contributed by atoms with Crippen molar-refractivity contribution in [2.75, 3.05) is 5.32 Å². The van der Waals surface area contributed by atoms with Gasteiger partial charge in [0.05, 0.1) is 16.3 Å². The van der Waals surface area contributed by atoms with Gasteiger partial charge in [-0.2, -0.15) is 4.72 Å². The number of nitrogens with zero attached hydrogens (tertiary/aromatic N) is 2. The van der Waals surface area contributed by atoms with Crippen molar-refractivity contribution < 1.29 is 13.2 Å². The lowest BCUT2D eigenvalue weighted by Gasteiger charge is -2.21. The Kier molecular flexibility index (Phi) is 6.71. The molecule has 0 unspecified atom stereocenters. The summed E-state index contributed by atoms with van der Waals surface area (Å²) in [5.74, 6) is -0.947. The molecular weight excluding hydrogens is 428 g/mol. The fraction of sp³-hybridized carbons (Fsp3) is 0.304. The van der Waals surface area contributed by atoms with E-state index in [0.717, 1.165) is 5.56 Å². The van der Waals surface area contributed by atoms with Gasteiger partial charge in [-0.1, -0.05) is 49.7 Å². The van der Waals surface area contributed by atoms with E-state index >= 15 is 0 Å². The molecule has 0 saturated carbocycles. The number of anilines is 1. The lowest BCUT2D eigenvalue weighted by Crippen LogP contribution is -2.47. The summed E-state index contributed by atoms with van der Waals surface area (Å²) < 4.78 is 31.2. The second kappa shape index (κ2) is 9.13. The molecule has 1 amide bonds. The smallest absolute Gasteiger partial charge is 0.295 e. The van der Waals surface area contributed by atoms with Crippen molar-refractivity contribution in [3.8, 4) is 5.69 Å². The molecule has 0 aliphatic rings. The van der Waals surface area contributed by atoms with Crippen LogP contribution in [0.4, 0.5) is 5.69 Å². The average molecular weight is 457 g/mol. The molecule has 170 valence electrons. The van der Waals surface area contributed by atoms with Crippen molar-refractivity contribution in [2.24, 2.45) is 13.0 Å². The summed E-state index contributed by atoms with van der Waals surface area (Å²) in [6, 6.07) is 14.4. The van der Waals surface area contributed by atoms with Crippen molar-refractivity contribution in [3.63, 3.8) is 0 Å². The van der Waals surface area contributed by atoms with Crippen LogP contribution in [0.25, 0.3) is 5.69 Å². The van der Waals surface area contributed by atoms with E-state index in [1.54, 1.807) is 56.8 Å². The van der Waals surface area contributed by atoms with E-state index in [-0.39, 0.29) is 16.5 Å². The van der Waals surface area contributed by atoms with Crippen molar-refractivity contribution in [2.45, 2.75) is 38.6 Å². The summed E-state index contributed by atoms with van der Waals surface area (Å²) in [6.45, 7) is 7.06. The van der Waals surface area contributed by atoms with Crippen LogP contribution in [0.1, 0.15) is 25.1 Å². The van der Waals surface area contributed by atoms with Crippen LogP contribution in [0.2, 0.25) is 0 Å². The molecule has 0 fully saturated rings. The topological polar surface area (TPSA) is 102 Å². The van der Waals surface area contributed by atoms with Crippen LogP contribution in [0.3, 0.4) is 0 Å². The van der Waals surface area contributed by atoms with Crippen LogP contribution >= 0.6 is 0 Å². The van der Waals surface area contributed by atoms with Crippen LogP contribution in [0.5, 0.6) is 0 Å². The minimum atomic E-state index is -3.92. The summed E-state index contributed by atoms with van der Waals surface area (Å²) in [5.41, 5.74) is 1.85. The molecule has 0 aliphatic heterocycles. The van der Waals surface area contributed by atoms with Crippen LogP contribution in [-0.4, -0.2) is 29.7 Å². The number of aryl methyl sites for hydroxylation is 1. The molecule has 32 heavy (non-hydrogen) atoms. The number of amides is 1. The maximum atomic E-state index is 13.1. The molecule has 9 heteroatoms. The Morgan fingerprint density at radius 3 is 2.12 bits per heavy atom. The molecular formula is C23H28N4O4S. The van der Waals surface area contributed by atoms with Gasteiger partial charge in [0.1, 0.15) is 11.7 Å². The fourth-order valence-corrected chi connectivity index (χ4v) is 4.70. The van der Waals surface area contributed by atoms with Gasteiger partial charge in [0.25, 0.3) is 5.56 Å². The second-order valence-corrected chi connectivity index (χ2v) is 9.80. The summed E-state index contributed by atoms with van der Waals surface area (Å²) in [5, 5.41) is 2.65. The predicted molar refractivity (Wildman–Crippen MR) is 125 cm³/mol. The zero-order valence-electron chi connectivity index (χ0n) is 18.8. The van der Waals surface area contributed by atoms with E-state index in [9.17, 15) is 18.0 Å². The molecule has 3 rings (SSSR count). The number of hydrogen-bond acceptors (Lipinski definition) is 4. The van der Waals surface area contributed by atoms with E-state index < -0.39 is 27.5 Å². The number of nitrogens with one attached hydrogen (secondary N) is 2. The molecule has 0 radical (unpaired) electrons. The normalized spacial score (nSPS) is 12.7. The summed E-state index contributed by atoms with van der Waals surface area (Å²) in [7, 11) is -2.20. The van der Waals surface area contributed by atoms with E-state index in [4.69, 9.17) is 0 Å². The number of carbonyl (C=O) groups is 1. The molecule has 3 aromatic rings. The SMILES string of the molecule is Cc1ccc(S(=O)(=O)N[C@H](C(=O)Nc2c(C)n(C)n(-c3ccccc3)c2=O)C(C)C)cc1. The number of rotatable bonds is 7. The maximum Gasteiger partial charge on any atom is 0.295 e. The van der Waals surface area contributed by atoms with Crippen LogP contribution in [0.15, 0.2) is 64.3 Å². The number of hydrogen-bond donors (Lipinski definition) is 2. The fourth-order valence-electron chi connectivity index (χ4n) is 3.36. The minimum Gasteiger partial charge on any atom is -0.319 e. The first-order chi connectivity index (χ1) is 15.0. The second-order valence-electron chi connectivity index (χ2n) is 8.08. The highest BCUT2D eigenvalue weighted by atomic mass is 32.2. The maximum absolute atomic E-state index is 13.1. The molecule has 2 N–H and O–H groups in total. The lowest BCUT2D eigenvalue weighted by molar-refractivity contribution is -0.118. The zero-order valence-corrected chi connectivity index (χ0v) is 19.6. The van der Waals surface area contributed by atoms with E-state index in [2.05, 4.69) is 10.0 Å². The third-order valence-electron chi connectivity index (χ3n) is 5.36. The average Bonchev–Trinajstić information content (AvgIpc) is 2.96. The first kappa shape index (κ1) is 23.5. The number of sulfonamides is 1. The quantitative estimate of drug-likeness (QED) is 0.571. The highest BCUT2D eigenvalue weighted by molar-refractivity contribution is 7.89. The third-order valence-corrected chi connectivity index (χ3v) is 6.82. The Bertz CT molecular complexity index is 1270. The Balaban J connectivity index is 1.91. The Hall–Kier alpha value is -3.17. The van der Waals surface area contributed by atoms with Crippen molar-refractivity contribution in [1.29, 1.82) is 0 Å². The van der Waals surface area contributed by atoms with Gasteiger partial charge in [-0.05, 0) is 44.0 Å². The minimum absolute atomic E-state index is 0.0730. The zero-order chi connectivity index (χ0) is 23.6. The molecule has 0 bridgehead atoms. The number of benzene rings is 2. The standard InChI is InChI=1S/C23H28N4O4S/c1-15(2)20(25-32(30,31)19-13-11-16(3)12-14-19)22(28)24-21-17(4)26(5)27(23(21)29)18-9-7-6-8-10-18/h6-15,20,25H,1-5H3,(H,24,28)/t20-/m0/s1. The first-order valence-corrected chi connectivity index (χ1v) is 11.7. The molecule has 0 spiro atoms. The van der Waals surface area contributed by atoms with E-state index in [0.29, 0.717) is 11.4 Å². The number of carbonyl (C=O) groups excluding carboxylic acids is 1. The van der Waals surface area contributed by atoms with Gasteiger partial charge in [-0.3, -0.25) is 14.3 Å². The van der Waals surface area contributed by atoms with Crippen molar-refractivity contribution in [3.05, 3.63) is 76.2 Å². The van der Waals surface area contributed by atoms with Crippen LogP contribution < -0.4 is 15.6 Å². The van der Waals surface area contributed by atoms with Gasteiger partial charge in [0.15, 0.2) is 0 Å². The monoisotopic (exact) mass is 456 g/mol. The molecule has 1 heterocycles. The first-order valence-electron chi connectivity index (χ1n) is 10.3. The van der Waals surface area contributed by atoms with Gasteiger partial charge >= 0.3 is 0 Å². The third kappa shape index (κ3) is 4.68. The van der Waals surface area contributed by atoms with E-state index in [1.807, 2.05) is 25.1 Å². The predicted octanol–water partition coefficient (Wildman–Crippen LogP) is 2.73. The molecule has 1 aromatic heterocycles. The van der Waals surface area contributed by atoms with Crippen molar-refractivity contribution >= 4 is 21.6 Å². The van der Waals surface area contributed by atoms with Crippen molar-refractivity contribution in [1.82, 2.24) is 14.1 Å². The molecule has 1 atom stereocenters. The number of aromatic nitrogens is 2. The molecule has 0 saturated heterocycles. The van der Waals surface area contributed by atoms with Gasteiger partial charge in [0, 0.05) is 7.05 Å². The highest BCUT2D eigenvalue weighted by Gasteiger charge is 2.30. The summed E-state index contributed by atoms with van der Waals surface area (Å²) >= 11 is 0. The van der Waals surface area contributed by atoms with Gasteiger partial charge in [0.2, 0.25) is 15.9 Å². The Morgan fingerprint density at radius 1 is 0.969 bits per heavy atom.